The largest absolute Gasteiger partial charge is 0.455 e. The molecule has 0 aliphatic rings. The van der Waals surface area contributed by atoms with Gasteiger partial charge in [-0.2, -0.15) is 0 Å². The molecule has 0 amide bonds. The number of pyridine rings is 1. The van der Waals surface area contributed by atoms with Crippen LogP contribution in [0.2, 0.25) is 0 Å². The van der Waals surface area contributed by atoms with Gasteiger partial charge in [-0.3, -0.25) is 4.98 Å². The zero-order valence-corrected chi connectivity index (χ0v) is 21.4. The number of aromatic nitrogens is 1. The summed E-state index contributed by atoms with van der Waals surface area (Å²) < 4.78 is 7.47. The zero-order chi connectivity index (χ0) is 24.1. The molecule has 0 fully saturated rings. The third kappa shape index (κ3) is 3.67. The lowest BCUT2D eigenvalue weighted by atomic mass is 9.98. The van der Waals surface area contributed by atoms with Gasteiger partial charge < -0.3 is 4.42 Å². The van der Waals surface area contributed by atoms with Gasteiger partial charge in [-0.15, -0.1) is 0 Å². The number of nitrogens with zero attached hydrogens (tertiary/aromatic N) is 1. The Hall–Kier alpha value is -3.96. The molecule has 3 heteroatoms. The molecule has 0 atom stereocenters. The fourth-order valence-corrected chi connectivity index (χ4v) is 5.28. The van der Waals surface area contributed by atoms with Crippen LogP contribution in [-0.2, 0) is 0 Å². The van der Waals surface area contributed by atoms with Crippen LogP contribution in [0.5, 0.6) is 0 Å². The van der Waals surface area contributed by atoms with Crippen LogP contribution in [0.25, 0.3) is 66.2 Å². The molecule has 170 valence electrons. The fourth-order valence-electron chi connectivity index (χ4n) is 4.92. The third-order valence-corrected chi connectivity index (χ3v) is 7.51. The lowest BCUT2D eigenvalue weighted by molar-refractivity contribution is 0.670. The van der Waals surface area contributed by atoms with E-state index in [1.54, 1.807) is 0 Å². The van der Waals surface area contributed by atoms with Gasteiger partial charge in [0.25, 0.3) is 0 Å². The first kappa shape index (κ1) is 21.3. The number of hydrogen-bond acceptors (Lipinski definition) is 2. The first-order valence-electron chi connectivity index (χ1n) is 11.9. The number of furan rings is 1. The Morgan fingerprint density at radius 2 is 1.25 bits per heavy atom. The van der Waals surface area contributed by atoms with E-state index in [0.717, 1.165) is 55.1 Å². The lowest BCUT2D eigenvalue weighted by Crippen LogP contribution is -1.86. The molecular formula is C33H20INO. The Bertz CT molecular complexity index is 1880. The van der Waals surface area contributed by atoms with Crippen LogP contribution in [-0.4, -0.2) is 4.98 Å². The highest BCUT2D eigenvalue weighted by Gasteiger charge is 2.12. The maximum Gasteiger partial charge on any atom is 0.143 e. The minimum Gasteiger partial charge on any atom is -0.455 e. The van der Waals surface area contributed by atoms with E-state index in [9.17, 15) is 0 Å². The summed E-state index contributed by atoms with van der Waals surface area (Å²) in [5.41, 5.74) is 9.75. The van der Waals surface area contributed by atoms with Crippen molar-refractivity contribution in [3.63, 3.8) is 0 Å². The van der Waals surface area contributed by atoms with Crippen molar-refractivity contribution in [3.05, 3.63) is 125 Å². The van der Waals surface area contributed by atoms with E-state index < -0.39 is 0 Å². The molecule has 0 unspecified atom stereocenters. The van der Waals surface area contributed by atoms with Gasteiger partial charge in [0.05, 0.1) is 5.52 Å². The van der Waals surface area contributed by atoms with Crippen LogP contribution in [0.4, 0.5) is 0 Å². The molecule has 0 N–H and O–H groups in total. The van der Waals surface area contributed by atoms with Crippen molar-refractivity contribution in [2.45, 2.75) is 0 Å². The number of fused-ring (bicyclic) bond motifs is 4. The number of rotatable bonds is 3. The SMILES string of the molecule is Ic1ccc(-c2ccc3cc(-c4ccc(-c5cccc6c5oc5ccccc56)cc4)cnc3c2)cc1. The van der Waals surface area contributed by atoms with Crippen LogP contribution >= 0.6 is 22.6 Å². The highest BCUT2D eigenvalue weighted by Crippen LogP contribution is 2.36. The molecule has 2 heterocycles. The monoisotopic (exact) mass is 573 g/mol. The van der Waals surface area contributed by atoms with E-state index in [-0.39, 0.29) is 0 Å². The van der Waals surface area contributed by atoms with E-state index >= 15 is 0 Å². The lowest BCUT2D eigenvalue weighted by Gasteiger charge is -2.08. The number of benzene rings is 5. The molecule has 0 radical (unpaired) electrons. The second-order valence-electron chi connectivity index (χ2n) is 9.00. The first-order chi connectivity index (χ1) is 17.7. The summed E-state index contributed by atoms with van der Waals surface area (Å²) in [5.74, 6) is 0. The summed E-state index contributed by atoms with van der Waals surface area (Å²) >= 11 is 2.33. The number of para-hydroxylation sites is 2. The molecular weight excluding hydrogens is 553 g/mol. The van der Waals surface area contributed by atoms with Crippen LogP contribution in [0.15, 0.2) is 126 Å². The summed E-state index contributed by atoms with van der Waals surface area (Å²) in [5, 5.41) is 3.44. The van der Waals surface area contributed by atoms with Crippen molar-refractivity contribution < 1.29 is 4.42 Å². The second kappa shape index (κ2) is 8.61. The standard InChI is InChI=1S/C33H20INO/c34-27-16-14-21(15-17-27)24-12-13-25-18-26(20-35-31(25)19-24)22-8-10-23(11-9-22)28-5-3-6-30-29-4-1-2-7-32(29)36-33(28)30/h1-20H. The number of halogens is 1. The Labute approximate surface area is 222 Å². The summed E-state index contributed by atoms with van der Waals surface area (Å²) in [6, 6.07) is 40.5. The van der Waals surface area contributed by atoms with Crippen LogP contribution in [0, 0.1) is 3.57 Å². The topological polar surface area (TPSA) is 26.0 Å². The van der Waals surface area contributed by atoms with Gasteiger partial charge in [0.2, 0.25) is 0 Å². The van der Waals surface area contributed by atoms with Crippen LogP contribution < -0.4 is 0 Å². The highest BCUT2D eigenvalue weighted by atomic mass is 127. The Morgan fingerprint density at radius 1 is 0.556 bits per heavy atom. The molecule has 0 bridgehead atoms. The Morgan fingerprint density at radius 3 is 2.11 bits per heavy atom. The molecule has 2 aromatic heterocycles. The minimum atomic E-state index is 0.920. The average Bonchev–Trinajstić information content (AvgIpc) is 3.32. The molecule has 2 nitrogen and oxygen atoms in total. The molecule has 0 aliphatic heterocycles. The third-order valence-electron chi connectivity index (χ3n) is 6.80. The summed E-state index contributed by atoms with van der Waals surface area (Å²) in [6.07, 6.45) is 1.97. The normalized spacial score (nSPS) is 11.5. The first-order valence-corrected chi connectivity index (χ1v) is 13.0. The van der Waals surface area contributed by atoms with Crippen molar-refractivity contribution in [1.82, 2.24) is 4.98 Å². The summed E-state index contributed by atoms with van der Waals surface area (Å²) in [6.45, 7) is 0. The Kier molecular flexibility index (Phi) is 5.10. The van der Waals surface area contributed by atoms with E-state index in [1.807, 2.05) is 18.3 Å². The van der Waals surface area contributed by atoms with E-state index in [1.165, 1.54) is 14.7 Å². The van der Waals surface area contributed by atoms with Crippen molar-refractivity contribution in [1.29, 1.82) is 0 Å². The molecule has 7 rings (SSSR count). The van der Waals surface area contributed by atoms with Gasteiger partial charge in [-0.1, -0.05) is 84.9 Å². The van der Waals surface area contributed by atoms with Gasteiger partial charge in [0.15, 0.2) is 0 Å². The molecule has 36 heavy (non-hydrogen) atoms. The van der Waals surface area contributed by atoms with Crippen molar-refractivity contribution in [2.75, 3.05) is 0 Å². The van der Waals surface area contributed by atoms with Crippen LogP contribution in [0.1, 0.15) is 0 Å². The van der Waals surface area contributed by atoms with Gasteiger partial charge in [-0.25, -0.2) is 0 Å². The maximum atomic E-state index is 6.24. The molecule has 0 aliphatic carbocycles. The predicted octanol–water partition coefficient (Wildman–Crippen LogP) is 9.74. The van der Waals surface area contributed by atoms with E-state index in [2.05, 4.69) is 126 Å². The highest BCUT2D eigenvalue weighted by molar-refractivity contribution is 14.1. The van der Waals surface area contributed by atoms with Gasteiger partial charge >= 0.3 is 0 Å². The van der Waals surface area contributed by atoms with Crippen LogP contribution in [0.3, 0.4) is 0 Å². The van der Waals surface area contributed by atoms with E-state index in [4.69, 9.17) is 9.40 Å². The summed E-state index contributed by atoms with van der Waals surface area (Å²) in [4.78, 5) is 4.79. The Balaban J connectivity index is 1.23. The van der Waals surface area contributed by atoms with Gasteiger partial charge in [-0.05, 0) is 75.2 Å². The second-order valence-corrected chi connectivity index (χ2v) is 10.2. The smallest absolute Gasteiger partial charge is 0.143 e. The molecule has 0 saturated heterocycles. The van der Waals surface area contributed by atoms with E-state index in [0.29, 0.717) is 0 Å². The average molecular weight is 573 g/mol. The molecule has 7 aromatic rings. The quantitative estimate of drug-likeness (QED) is 0.197. The van der Waals surface area contributed by atoms with Crippen molar-refractivity contribution >= 4 is 55.4 Å². The molecule has 0 saturated carbocycles. The number of hydrogen-bond donors (Lipinski definition) is 0. The fraction of sp³-hybridized carbons (Fsp3) is 0. The van der Waals surface area contributed by atoms with Gasteiger partial charge in [0, 0.05) is 37.1 Å². The van der Waals surface area contributed by atoms with Gasteiger partial charge in [0.1, 0.15) is 11.2 Å². The zero-order valence-electron chi connectivity index (χ0n) is 19.3. The van der Waals surface area contributed by atoms with Crippen molar-refractivity contribution in [2.24, 2.45) is 0 Å². The maximum absolute atomic E-state index is 6.24. The minimum absolute atomic E-state index is 0.920. The van der Waals surface area contributed by atoms with Crippen molar-refractivity contribution in [3.8, 4) is 33.4 Å². The summed E-state index contributed by atoms with van der Waals surface area (Å²) in [7, 11) is 0. The predicted molar refractivity (Wildman–Crippen MR) is 158 cm³/mol. The molecule has 5 aromatic carbocycles. The molecule has 0 spiro atoms.